The van der Waals surface area contributed by atoms with Crippen molar-refractivity contribution < 1.29 is 36.5 Å². The van der Waals surface area contributed by atoms with Gasteiger partial charge in [0.2, 0.25) is 20.0 Å². The van der Waals surface area contributed by atoms with Gasteiger partial charge in [-0.15, -0.1) is 0 Å². The summed E-state index contributed by atoms with van der Waals surface area (Å²) in [5, 5.41) is 25.9. The molecule has 2 fully saturated rings. The number of sulfonamides is 2. The number of benzene rings is 3. The monoisotopic (exact) mass is 688 g/mol. The second kappa shape index (κ2) is 15.5. The van der Waals surface area contributed by atoms with Crippen molar-refractivity contribution in [3.8, 4) is 16.9 Å². The molecule has 0 aromatic heterocycles. The van der Waals surface area contributed by atoms with E-state index in [0.29, 0.717) is 57.8 Å². The third-order valence-electron chi connectivity index (χ3n) is 8.69. The van der Waals surface area contributed by atoms with Gasteiger partial charge in [-0.05, 0) is 67.3 Å². The van der Waals surface area contributed by atoms with E-state index >= 15 is 0 Å². The minimum absolute atomic E-state index is 0.00503. The number of aliphatic hydroxyl groups is 2. The first-order valence-corrected chi connectivity index (χ1v) is 18.7. The molecule has 0 radical (unpaired) electrons. The van der Waals surface area contributed by atoms with Crippen LogP contribution in [0, 0.1) is 0 Å². The molecule has 2 atom stereocenters. The minimum atomic E-state index is -3.69. The molecule has 2 aliphatic heterocycles. The van der Waals surface area contributed by atoms with Gasteiger partial charge in [-0.25, -0.2) is 21.6 Å². The zero-order valence-electron chi connectivity index (χ0n) is 26.5. The molecular formula is C33H44N4O8S2. The van der Waals surface area contributed by atoms with Crippen LogP contribution in [0.25, 0.3) is 11.1 Å². The van der Waals surface area contributed by atoms with E-state index in [1.54, 1.807) is 30.3 Å². The van der Waals surface area contributed by atoms with Crippen molar-refractivity contribution in [1.82, 2.24) is 19.7 Å². The zero-order valence-corrected chi connectivity index (χ0v) is 28.1. The van der Waals surface area contributed by atoms with Crippen molar-refractivity contribution in [2.24, 2.45) is 0 Å². The molecule has 3 aromatic carbocycles. The second-order valence-corrected chi connectivity index (χ2v) is 15.8. The van der Waals surface area contributed by atoms with Gasteiger partial charge in [0.25, 0.3) is 0 Å². The Kier molecular flexibility index (Phi) is 11.7. The molecule has 12 nitrogen and oxygen atoms in total. The summed E-state index contributed by atoms with van der Waals surface area (Å²) in [5.74, 6) is 0.342. The Balaban J connectivity index is 1.09. The van der Waals surface area contributed by atoms with Crippen molar-refractivity contribution in [2.45, 2.75) is 53.3 Å². The number of nitrogens with zero attached hydrogens (tertiary/aromatic N) is 1. The van der Waals surface area contributed by atoms with Gasteiger partial charge >= 0.3 is 0 Å². The van der Waals surface area contributed by atoms with Crippen molar-refractivity contribution in [3.63, 3.8) is 0 Å². The third-order valence-corrected chi connectivity index (χ3v) is 12.0. The van der Waals surface area contributed by atoms with Crippen LogP contribution in [0.5, 0.6) is 5.75 Å². The Hall–Kier alpha value is -2.92. The summed E-state index contributed by atoms with van der Waals surface area (Å²) in [6, 6.07) is 21.0. The van der Waals surface area contributed by atoms with Crippen molar-refractivity contribution in [2.75, 3.05) is 53.0 Å². The molecule has 2 heterocycles. The first-order chi connectivity index (χ1) is 22.5. The molecule has 256 valence electrons. The molecule has 0 amide bonds. The van der Waals surface area contributed by atoms with E-state index in [4.69, 9.17) is 14.6 Å². The van der Waals surface area contributed by atoms with Crippen LogP contribution in [0.3, 0.4) is 0 Å². The minimum Gasteiger partial charge on any atom is -0.491 e. The van der Waals surface area contributed by atoms with Crippen molar-refractivity contribution >= 4 is 20.0 Å². The molecule has 14 heteroatoms. The maximum atomic E-state index is 13.6. The average molecular weight is 689 g/mol. The molecule has 2 saturated heterocycles. The first-order valence-electron chi connectivity index (χ1n) is 15.8. The molecule has 2 aliphatic rings. The van der Waals surface area contributed by atoms with Crippen LogP contribution >= 0.6 is 0 Å². The quantitative estimate of drug-likeness (QED) is 0.148. The van der Waals surface area contributed by atoms with E-state index in [0.717, 1.165) is 16.7 Å². The summed E-state index contributed by atoms with van der Waals surface area (Å²) in [5.41, 5.74) is 2.41. The fourth-order valence-corrected chi connectivity index (χ4v) is 8.23. The highest BCUT2D eigenvalue weighted by Crippen LogP contribution is 2.37. The lowest BCUT2D eigenvalue weighted by atomic mass is 9.88. The summed E-state index contributed by atoms with van der Waals surface area (Å²) in [4.78, 5) is 0.342. The second-order valence-electron chi connectivity index (χ2n) is 12.0. The van der Waals surface area contributed by atoms with E-state index in [2.05, 4.69) is 15.4 Å². The van der Waals surface area contributed by atoms with Gasteiger partial charge in [0.05, 0.1) is 28.6 Å². The van der Waals surface area contributed by atoms with E-state index in [1.165, 1.54) is 23.5 Å². The summed E-state index contributed by atoms with van der Waals surface area (Å²) in [6.07, 6.45) is 1.03. The number of piperidine rings is 1. The highest BCUT2D eigenvalue weighted by molar-refractivity contribution is 7.89. The molecule has 1 unspecified atom stereocenters. The number of hydrogen-bond acceptors (Lipinski definition) is 10. The summed E-state index contributed by atoms with van der Waals surface area (Å²) in [6.45, 7) is 2.67. The Labute approximate surface area is 277 Å². The van der Waals surface area contributed by atoms with E-state index in [1.807, 2.05) is 30.3 Å². The van der Waals surface area contributed by atoms with Crippen molar-refractivity contribution in [3.05, 3.63) is 78.4 Å². The Morgan fingerprint density at radius 2 is 1.70 bits per heavy atom. The number of ether oxygens (including phenoxy) is 2. The first kappa shape index (κ1) is 35.4. The van der Waals surface area contributed by atoms with Crippen LogP contribution in [0.2, 0.25) is 0 Å². The van der Waals surface area contributed by atoms with Gasteiger partial charge in [-0.3, -0.25) is 0 Å². The van der Waals surface area contributed by atoms with E-state index < -0.39 is 31.8 Å². The topological polar surface area (TPSA) is 167 Å². The average Bonchev–Trinajstić information content (AvgIpc) is 3.49. The van der Waals surface area contributed by atoms with Gasteiger partial charge in [-0.1, -0.05) is 42.5 Å². The zero-order chi connectivity index (χ0) is 33.5. The Morgan fingerprint density at radius 1 is 0.979 bits per heavy atom. The molecule has 5 rings (SSSR count). The predicted octanol–water partition coefficient (Wildman–Crippen LogP) is 1.69. The van der Waals surface area contributed by atoms with Gasteiger partial charge in [0, 0.05) is 44.8 Å². The molecule has 0 bridgehead atoms. The normalized spacial score (nSPS) is 19.2. The number of aliphatic hydroxyl groups excluding tert-OH is 2. The molecule has 5 N–H and O–H groups in total. The van der Waals surface area contributed by atoms with Crippen LogP contribution in [0.1, 0.15) is 24.8 Å². The van der Waals surface area contributed by atoms with Gasteiger partial charge in [-0.2, -0.15) is 4.31 Å². The van der Waals surface area contributed by atoms with E-state index in [-0.39, 0.29) is 35.6 Å². The maximum Gasteiger partial charge on any atom is 0.243 e. The van der Waals surface area contributed by atoms with Crippen LogP contribution in [-0.4, -0.2) is 102 Å². The summed E-state index contributed by atoms with van der Waals surface area (Å²) >= 11 is 0. The van der Waals surface area contributed by atoms with Crippen LogP contribution in [0.4, 0.5) is 0 Å². The summed E-state index contributed by atoms with van der Waals surface area (Å²) in [7, 11) is -5.96. The lowest BCUT2D eigenvalue weighted by molar-refractivity contribution is -0.0312. The van der Waals surface area contributed by atoms with Crippen LogP contribution in [0.15, 0.2) is 82.6 Å². The predicted molar refractivity (Wildman–Crippen MR) is 178 cm³/mol. The van der Waals surface area contributed by atoms with Crippen LogP contribution < -0.4 is 20.1 Å². The SMILES string of the molecule is CNS(=O)(=O)c1cccc(OC[C@@H](O)CNC2COC3(CCN(S(=O)(=O)c4cccc(-c5ccc(CNCCO)cc5)c4)CC3)C2)c1. The smallest absolute Gasteiger partial charge is 0.243 e. The largest absolute Gasteiger partial charge is 0.491 e. The molecule has 1 spiro atoms. The maximum absolute atomic E-state index is 13.6. The molecule has 0 saturated carbocycles. The van der Waals surface area contributed by atoms with Crippen LogP contribution in [-0.2, 0) is 31.3 Å². The highest BCUT2D eigenvalue weighted by atomic mass is 32.2. The fourth-order valence-electron chi connectivity index (χ4n) is 5.97. The Bertz CT molecular complexity index is 1700. The Morgan fingerprint density at radius 3 is 2.43 bits per heavy atom. The van der Waals surface area contributed by atoms with Gasteiger partial charge in [0.1, 0.15) is 18.5 Å². The highest BCUT2D eigenvalue weighted by Gasteiger charge is 2.44. The molecule has 47 heavy (non-hydrogen) atoms. The lowest BCUT2D eigenvalue weighted by Crippen LogP contribution is -2.47. The van der Waals surface area contributed by atoms with Crippen molar-refractivity contribution in [1.29, 1.82) is 0 Å². The molecule has 0 aliphatic carbocycles. The van der Waals surface area contributed by atoms with E-state index in [9.17, 15) is 21.9 Å². The fraction of sp³-hybridized carbons (Fsp3) is 0.455. The standard InChI is InChI=1S/C33H44N4O8S2/c1-34-46(40,41)31-6-3-5-30(19-31)44-24-29(39)22-36-28-20-33(45-23-28)12-15-37(16-13-33)47(42,43)32-7-2-4-27(18-32)26-10-8-25(9-11-26)21-35-14-17-38/h2-11,18-19,28-29,34-36,38-39H,12-17,20-24H2,1H3/t28?,29-/m0/s1. The molecule has 3 aromatic rings. The molecular weight excluding hydrogens is 645 g/mol. The number of hydrogen-bond donors (Lipinski definition) is 5. The lowest BCUT2D eigenvalue weighted by Gasteiger charge is -2.38. The number of rotatable bonds is 15. The van der Waals surface area contributed by atoms with Gasteiger partial charge in [0.15, 0.2) is 0 Å². The third kappa shape index (κ3) is 8.96. The summed E-state index contributed by atoms with van der Waals surface area (Å²) < 4.78 is 67.0. The van der Waals surface area contributed by atoms with Gasteiger partial charge < -0.3 is 30.3 Å². The number of nitrogens with one attached hydrogen (secondary N) is 3.